The highest BCUT2D eigenvalue weighted by molar-refractivity contribution is 7.90. The van der Waals surface area contributed by atoms with Crippen LogP contribution in [0.1, 0.15) is 16.9 Å². The van der Waals surface area contributed by atoms with Crippen LogP contribution in [0.2, 0.25) is 0 Å². The van der Waals surface area contributed by atoms with Crippen molar-refractivity contribution in [3.63, 3.8) is 0 Å². The third kappa shape index (κ3) is 4.17. The Morgan fingerprint density at radius 3 is 2.39 bits per heavy atom. The van der Waals surface area contributed by atoms with Gasteiger partial charge in [-0.15, -0.1) is 0 Å². The lowest BCUT2D eigenvalue weighted by Gasteiger charge is -2.10. The summed E-state index contributed by atoms with van der Waals surface area (Å²) in [5.41, 5.74) is 1.87. The standard InChI is InChI=1S/C22H17F2N3O3S/c1-31(29,30)17-6-4-5-15(13-17)21(28)25-16-11-9-14(10-12-16)20-26-18-7-2-3-8-19(18)27(20)22(23)24/h2-13,22H,1H3,(H,25,28). The highest BCUT2D eigenvalue weighted by Crippen LogP contribution is 2.30. The second kappa shape index (κ2) is 7.92. The largest absolute Gasteiger partial charge is 0.322 e. The van der Waals surface area contributed by atoms with E-state index in [2.05, 4.69) is 10.3 Å². The zero-order chi connectivity index (χ0) is 22.2. The molecule has 0 saturated heterocycles. The van der Waals surface area contributed by atoms with Crippen molar-refractivity contribution in [3.8, 4) is 11.4 Å². The molecule has 0 atom stereocenters. The van der Waals surface area contributed by atoms with Crippen LogP contribution in [0.15, 0.2) is 77.7 Å². The summed E-state index contributed by atoms with van der Waals surface area (Å²) in [6.45, 7) is -2.76. The SMILES string of the molecule is CS(=O)(=O)c1cccc(C(=O)Nc2ccc(-c3nc4ccccc4n3C(F)F)cc2)c1. The molecule has 4 rings (SSSR count). The Morgan fingerprint density at radius 1 is 1.00 bits per heavy atom. The van der Waals surface area contributed by atoms with E-state index in [1.807, 2.05) is 0 Å². The number of carbonyl (C=O) groups is 1. The first-order valence-electron chi connectivity index (χ1n) is 9.21. The average Bonchev–Trinajstić information content (AvgIpc) is 3.13. The zero-order valence-electron chi connectivity index (χ0n) is 16.3. The lowest BCUT2D eigenvalue weighted by atomic mass is 10.1. The molecule has 0 spiro atoms. The molecular formula is C22H17F2N3O3S. The molecule has 1 N–H and O–H groups in total. The molecule has 0 aliphatic rings. The lowest BCUT2D eigenvalue weighted by molar-refractivity contribution is 0.0764. The number of rotatable bonds is 5. The summed E-state index contributed by atoms with van der Waals surface area (Å²) in [6.07, 6.45) is 1.06. The number of fused-ring (bicyclic) bond motifs is 1. The van der Waals surface area contributed by atoms with Gasteiger partial charge in [0.1, 0.15) is 5.82 Å². The summed E-state index contributed by atoms with van der Waals surface area (Å²) < 4.78 is 51.5. The number of benzene rings is 3. The van der Waals surface area contributed by atoms with E-state index in [1.54, 1.807) is 48.5 Å². The number of alkyl halides is 2. The van der Waals surface area contributed by atoms with Gasteiger partial charge < -0.3 is 5.32 Å². The van der Waals surface area contributed by atoms with Crippen molar-refractivity contribution in [2.75, 3.05) is 11.6 Å². The quantitative estimate of drug-likeness (QED) is 0.484. The molecule has 0 aliphatic heterocycles. The monoisotopic (exact) mass is 441 g/mol. The van der Waals surface area contributed by atoms with Crippen LogP contribution in [0.4, 0.5) is 14.5 Å². The van der Waals surface area contributed by atoms with Crippen LogP contribution in [-0.2, 0) is 9.84 Å². The molecular weight excluding hydrogens is 424 g/mol. The van der Waals surface area contributed by atoms with Crippen LogP contribution in [0.3, 0.4) is 0 Å². The van der Waals surface area contributed by atoms with Crippen molar-refractivity contribution >= 4 is 32.5 Å². The van der Waals surface area contributed by atoms with Gasteiger partial charge in [0.2, 0.25) is 0 Å². The normalized spacial score (nSPS) is 11.7. The molecule has 4 aromatic rings. The maximum atomic E-state index is 13.7. The molecule has 0 radical (unpaired) electrons. The number of imidazole rings is 1. The number of amides is 1. The van der Waals surface area contributed by atoms with Crippen LogP contribution in [0, 0.1) is 0 Å². The van der Waals surface area contributed by atoms with Gasteiger partial charge in [-0.2, -0.15) is 8.78 Å². The smallest absolute Gasteiger partial charge is 0.320 e. The maximum Gasteiger partial charge on any atom is 0.320 e. The topological polar surface area (TPSA) is 81.1 Å². The van der Waals surface area contributed by atoms with Crippen LogP contribution in [-0.4, -0.2) is 30.1 Å². The summed E-state index contributed by atoms with van der Waals surface area (Å²) in [5.74, 6) is -0.368. The highest BCUT2D eigenvalue weighted by atomic mass is 32.2. The first kappa shape index (κ1) is 20.7. The second-order valence-electron chi connectivity index (χ2n) is 6.90. The predicted octanol–water partition coefficient (Wildman–Crippen LogP) is 4.75. The molecule has 6 nitrogen and oxygen atoms in total. The Bertz CT molecular complexity index is 1380. The van der Waals surface area contributed by atoms with Gasteiger partial charge >= 0.3 is 6.55 Å². The maximum absolute atomic E-state index is 13.7. The van der Waals surface area contributed by atoms with Crippen LogP contribution in [0.5, 0.6) is 0 Å². The lowest BCUT2D eigenvalue weighted by Crippen LogP contribution is -2.12. The average molecular weight is 441 g/mol. The van der Waals surface area contributed by atoms with Crippen molar-refractivity contribution in [1.82, 2.24) is 9.55 Å². The Balaban J connectivity index is 1.61. The van der Waals surface area contributed by atoms with Gasteiger partial charge in [-0.1, -0.05) is 18.2 Å². The second-order valence-corrected chi connectivity index (χ2v) is 8.92. The van der Waals surface area contributed by atoms with Gasteiger partial charge in [0, 0.05) is 23.1 Å². The van der Waals surface area contributed by atoms with Gasteiger partial charge in [-0.25, -0.2) is 13.4 Å². The number of hydrogen-bond acceptors (Lipinski definition) is 4. The van der Waals surface area contributed by atoms with E-state index in [0.29, 0.717) is 22.3 Å². The van der Waals surface area contributed by atoms with E-state index in [4.69, 9.17) is 0 Å². The van der Waals surface area contributed by atoms with Gasteiger partial charge in [0.25, 0.3) is 5.91 Å². The Labute approximate surface area is 177 Å². The number of carbonyl (C=O) groups excluding carboxylic acids is 1. The van der Waals surface area contributed by atoms with Gasteiger partial charge in [0.05, 0.1) is 15.9 Å². The Hall–Kier alpha value is -3.59. The summed E-state index contributed by atoms with van der Waals surface area (Å²) >= 11 is 0. The fraction of sp³-hybridized carbons (Fsp3) is 0.0909. The van der Waals surface area contributed by atoms with E-state index in [9.17, 15) is 22.0 Å². The first-order chi connectivity index (χ1) is 14.7. The predicted molar refractivity (Wildman–Crippen MR) is 114 cm³/mol. The number of nitrogens with zero attached hydrogens (tertiary/aromatic N) is 2. The fourth-order valence-electron chi connectivity index (χ4n) is 3.22. The minimum atomic E-state index is -3.44. The summed E-state index contributed by atoms with van der Waals surface area (Å²) in [5, 5.41) is 2.67. The molecule has 3 aromatic carbocycles. The fourth-order valence-corrected chi connectivity index (χ4v) is 3.89. The molecule has 0 fully saturated rings. The Morgan fingerprint density at radius 2 is 1.71 bits per heavy atom. The summed E-state index contributed by atoms with van der Waals surface area (Å²) in [7, 11) is -3.44. The van der Waals surface area contributed by atoms with Gasteiger partial charge in [-0.3, -0.25) is 9.36 Å². The van der Waals surface area contributed by atoms with Crippen molar-refractivity contribution in [1.29, 1.82) is 0 Å². The van der Waals surface area contributed by atoms with Crippen molar-refractivity contribution in [3.05, 3.63) is 78.4 Å². The number of anilines is 1. The Kier molecular flexibility index (Phi) is 5.28. The van der Waals surface area contributed by atoms with Gasteiger partial charge in [0.15, 0.2) is 9.84 Å². The minimum absolute atomic E-state index is 0.0430. The molecule has 1 amide bonds. The number of para-hydroxylation sites is 2. The van der Waals surface area contributed by atoms with E-state index in [1.165, 1.54) is 24.3 Å². The number of aromatic nitrogens is 2. The summed E-state index contributed by atoms with van der Waals surface area (Å²) in [4.78, 5) is 16.8. The zero-order valence-corrected chi connectivity index (χ0v) is 17.1. The number of halogens is 2. The molecule has 0 bridgehead atoms. The van der Waals surface area contributed by atoms with E-state index in [0.717, 1.165) is 10.8 Å². The molecule has 0 saturated carbocycles. The third-order valence-corrected chi connectivity index (χ3v) is 5.83. The van der Waals surface area contributed by atoms with E-state index >= 15 is 0 Å². The van der Waals surface area contributed by atoms with Crippen molar-refractivity contribution in [2.24, 2.45) is 0 Å². The summed E-state index contributed by atoms with van der Waals surface area (Å²) in [6, 6.07) is 18.7. The number of nitrogens with one attached hydrogen (secondary N) is 1. The number of sulfone groups is 1. The first-order valence-corrected chi connectivity index (χ1v) is 11.1. The van der Waals surface area contributed by atoms with E-state index in [-0.39, 0.29) is 16.3 Å². The highest BCUT2D eigenvalue weighted by Gasteiger charge is 2.19. The van der Waals surface area contributed by atoms with Crippen LogP contribution in [0.25, 0.3) is 22.4 Å². The molecule has 0 aliphatic carbocycles. The molecule has 9 heteroatoms. The molecule has 158 valence electrons. The molecule has 0 unspecified atom stereocenters. The van der Waals surface area contributed by atoms with Gasteiger partial charge in [-0.05, 0) is 54.6 Å². The molecule has 31 heavy (non-hydrogen) atoms. The van der Waals surface area contributed by atoms with E-state index < -0.39 is 22.3 Å². The molecule has 1 heterocycles. The van der Waals surface area contributed by atoms with Crippen LogP contribution < -0.4 is 5.32 Å². The van der Waals surface area contributed by atoms with Crippen molar-refractivity contribution in [2.45, 2.75) is 11.4 Å². The number of hydrogen-bond donors (Lipinski definition) is 1. The van der Waals surface area contributed by atoms with Crippen LogP contribution >= 0.6 is 0 Å². The van der Waals surface area contributed by atoms with Crippen molar-refractivity contribution < 1.29 is 22.0 Å². The third-order valence-electron chi connectivity index (χ3n) is 4.72. The minimum Gasteiger partial charge on any atom is -0.322 e. The molecule has 1 aromatic heterocycles.